The number of hydrogen-bond acceptors (Lipinski definition) is 3. The fraction of sp³-hybridized carbons (Fsp3) is 0.611. The minimum absolute atomic E-state index is 0.104. The molecule has 0 aromatic heterocycles. The van der Waals surface area contributed by atoms with Crippen LogP contribution < -0.4 is 5.73 Å². The lowest BCUT2D eigenvalue weighted by Gasteiger charge is -2.39. The molecule has 1 heterocycles. The van der Waals surface area contributed by atoms with Gasteiger partial charge in [0, 0.05) is 25.7 Å². The number of nitrogens with two attached hydrogens (primary N) is 1. The molecule has 0 spiro atoms. The molecule has 4 heteroatoms. The third kappa shape index (κ3) is 4.31. The number of nitrogens with zero attached hydrogens (tertiary/aromatic N) is 2. The summed E-state index contributed by atoms with van der Waals surface area (Å²) in [5, 5.41) is 0. The Labute approximate surface area is 134 Å². The Bertz CT molecular complexity index is 474. The molecule has 2 rings (SSSR count). The summed E-state index contributed by atoms with van der Waals surface area (Å²) >= 11 is 0. The number of rotatable bonds is 5. The van der Waals surface area contributed by atoms with Gasteiger partial charge in [-0.2, -0.15) is 0 Å². The van der Waals surface area contributed by atoms with E-state index in [1.54, 1.807) is 0 Å². The summed E-state index contributed by atoms with van der Waals surface area (Å²) < 4.78 is 0. The van der Waals surface area contributed by atoms with E-state index in [-0.39, 0.29) is 17.9 Å². The van der Waals surface area contributed by atoms with Crippen molar-refractivity contribution in [3.63, 3.8) is 0 Å². The van der Waals surface area contributed by atoms with Gasteiger partial charge < -0.3 is 10.6 Å². The number of piperidine rings is 1. The van der Waals surface area contributed by atoms with E-state index in [2.05, 4.69) is 36.2 Å². The lowest BCUT2D eigenvalue weighted by Crippen LogP contribution is -2.53. The van der Waals surface area contributed by atoms with E-state index in [9.17, 15) is 4.79 Å². The van der Waals surface area contributed by atoms with E-state index in [0.717, 1.165) is 32.5 Å². The van der Waals surface area contributed by atoms with E-state index in [1.807, 2.05) is 24.8 Å². The number of carbonyl (C=O) groups excluding carboxylic acids is 1. The number of likely N-dealkylation sites (N-methyl/N-ethyl adjacent to an activating group) is 1. The zero-order valence-electron chi connectivity index (χ0n) is 14.0. The Hall–Kier alpha value is -1.39. The Kier molecular flexibility index (Phi) is 5.98. The zero-order valence-corrected chi connectivity index (χ0v) is 14.0. The maximum atomic E-state index is 12.4. The predicted molar refractivity (Wildman–Crippen MR) is 90.3 cm³/mol. The van der Waals surface area contributed by atoms with Crippen LogP contribution in [-0.4, -0.2) is 47.9 Å². The van der Waals surface area contributed by atoms with Crippen LogP contribution in [-0.2, 0) is 11.3 Å². The quantitative estimate of drug-likeness (QED) is 0.906. The molecule has 2 N–H and O–H groups in total. The molecule has 1 saturated heterocycles. The van der Waals surface area contributed by atoms with Crippen LogP contribution in [0.25, 0.3) is 0 Å². The highest BCUT2D eigenvalue weighted by atomic mass is 16.2. The van der Waals surface area contributed by atoms with Gasteiger partial charge in [-0.15, -0.1) is 0 Å². The average Bonchev–Trinajstić information content (AvgIpc) is 2.54. The van der Waals surface area contributed by atoms with Crippen molar-refractivity contribution in [3.05, 3.63) is 35.9 Å². The largest absolute Gasteiger partial charge is 0.340 e. The normalized spacial score (nSPS) is 20.5. The van der Waals surface area contributed by atoms with E-state index in [1.165, 1.54) is 5.56 Å². The highest BCUT2D eigenvalue weighted by Crippen LogP contribution is 2.18. The lowest BCUT2D eigenvalue weighted by molar-refractivity contribution is -0.135. The predicted octanol–water partition coefficient (Wildman–Crippen LogP) is 2.09. The minimum Gasteiger partial charge on any atom is -0.340 e. The van der Waals surface area contributed by atoms with Gasteiger partial charge in [-0.3, -0.25) is 9.69 Å². The van der Waals surface area contributed by atoms with Gasteiger partial charge in [-0.05, 0) is 31.4 Å². The molecule has 4 nitrogen and oxygen atoms in total. The van der Waals surface area contributed by atoms with Gasteiger partial charge in [0.05, 0.1) is 6.04 Å². The molecule has 1 unspecified atom stereocenters. The van der Waals surface area contributed by atoms with Gasteiger partial charge in [-0.1, -0.05) is 44.2 Å². The smallest absolute Gasteiger partial charge is 0.239 e. The van der Waals surface area contributed by atoms with E-state index in [0.29, 0.717) is 6.04 Å². The second-order valence-corrected chi connectivity index (χ2v) is 6.75. The number of carbonyl (C=O) groups is 1. The summed E-state index contributed by atoms with van der Waals surface area (Å²) in [5.41, 5.74) is 7.34. The van der Waals surface area contributed by atoms with Crippen LogP contribution in [0.1, 0.15) is 32.3 Å². The van der Waals surface area contributed by atoms with Crippen LogP contribution in [0.5, 0.6) is 0 Å². The van der Waals surface area contributed by atoms with Crippen LogP contribution in [0.4, 0.5) is 0 Å². The van der Waals surface area contributed by atoms with Crippen molar-refractivity contribution in [1.29, 1.82) is 0 Å². The molecular weight excluding hydrogens is 274 g/mol. The maximum Gasteiger partial charge on any atom is 0.239 e. The van der Waals surface area contributed by atoms with E-state index < -0.39 is 0 Å². The molecule has 0 bridgehead atoms. The summed E-state index contributed by atoms with van der Waals surface area (Å²) in [6.07, 6.45) is 2.20. The number of amides is 1. The van der Waals surface area contributed by atoms with Crippen molar-refractivity contribution in [2.24, 2.45) is 11.7 Å². The van der Waals surface area contributed by atoms with Crippen LogP contribution in [0.2, 0.25) is 0 Å². The second-order valence-electron chi connectivity index (χ2n) is 6.75. The standard InChI is InChI=1S/C18H29N3O/c1-14(2)17(19)18(22)21-11-7-10-16(13-21)20(3)12-15-8-5-4-6-9-15/h4-6,8-9,14,16-17H,7,10-13,19H2,1-3H3/t16?,17-/m0/s1. The van der Waals surface area contributed by atoms with Crippen molar-refractivity contribution in [2.45, 2.75) is 45.3 Å². The molecule has 0 saturated carbocycles. The van der Waals surface area contributed by atoms with Gasteiger partial charge in [0.25, 0.3) is 0 Å². The van der Waals surface area contributed by atoms with Crippen molar-refractivity contribution >= 4 is 5.91 Å². The first-order valence-corrected chi connectivity index (χ1v) is 8.27. The van der Waals surface area contributed by atoms with Gasteiger partial charge in [0.2, 0.25) is 5.91 Å². The average molecular weight is 303 g/mol. The van der Waals surface area contributed by atoms with Gasteiger partial charge in [0.1, 0.15) is 0 Å². The fourth-order valence-corrected chi connectivity index (χ4v) is 3.01. The highest BCUT2D eigenvalue weighted by Gasteiger charge is 2.29. The summed E-state index contributed by atoms with van der Waals surface area (Å²) in [4.78, 5) is 16.8. The highest BCUT2D eigenvalue weighted by molar-refractivity contribution is 5.82. The van der Waals surface area contributed by atoms with Gasteiger partial charge in [-0.25, -0.2) is 0 Å². The molecule has 1 aromatic carbocycles. The Morgan fingerprint density at radius 1 is 1.36 bits per heavy atom. The Morgan fingerprint density at radius 2 is 2.05 bits per heavy atom. The van der Waals surface area contributed by atoms with Crippen molar-refractivity contribution in [3.8, 4) is 0 Å². The summed E-state index contributed by atoms with van der Waals surface area (Å²) in [5.74, 6) is 0.294. The molecule has 22 heavy (non-hydrogen) atoms. The van der Waals surface area contributed by atoms with Crippen LogP contribution in [0.3, 0.4) is 0 Å². The molecule has 1 amide bonds. The summed E-state index contributed by atoms with van der Waals surface area (Å²) in [7, 11) is 2.15. The first-order chi connectivity index (χ1) is 10.5. The zero-order chi connectivity index (χ0) is 16.1. The molecule has 122 valence electrons. The molecule has 2 atom stereocenters. The first kappa shape index (κ1) is 17.0. The van der Waals surface area contributed by atoms with Gasteiger partial charge >= 0.3 is 0 Å². The van der Waals surface area contributed by atoms with Crippen molar-refractivity contribution < 1.29 is 4.79 Å². The number of benzene rings is 1. The summed E-state index contributed by atoms with van der Waals surface area (Å²) in [6.45, 7) is 6.57. The molecule has 0 radical (unpaired) electrons. The Morgan fingerprint density at radius 3 is 2.68 bits per heavy atom. The van der Waals surface area contributed by atoms with Gasteiger partial charge in [0.15, 0.2) is 0 Å². The second kappa shape index (κ2) is 7.75. The molecule has 1 aliphatic rings. The topological polar surface area (TPSA) is 49.6 Å². The van der Waals surface area contributed by atoms with E-state index >= 15 is 0 Å². The third-order valence-corrected chi connectivity index (χ3v) is 4.61. The lowest BCUT2D eigenvalue weighted by atomic mass is 9.99. The molecule has 0 aliphatic carbocycles. The Balaban J connectivity index is 1.94. The van der Waals surface area contributed by atoms with Crippen LogP contribution >= 0.6 is 0 Å². The first-order valence-electron chi connectivity index (χ1n) is 8.27. The van der Waals surface area contributed by atoms with Crippen LogP contribution in [0.15, 0.2) is 30.3 Å². The molecular formula is C18H29N3O. The third-order valence-electron chi connectivity index (χ3n) is 4.61. The van der Waals surface area contributed by atoms with Crippen LogP contribution in [0, 0.1) is 5.92 Å². The number of likely N-dealkylation sites (tertiary alicyclic amines) is 1. The maximum absolute atomic E-state index is 12.4. The van der Waals surface area contributed by atoms with Crippen molar-refractivity contribution in [2.75, 3.05) is 20.1 Å². The summed E-state index contributed by atoms with van der Waals surface area (Å²) in [6, 6.07) is 10.5. The van der Waals surface area contributed by atoms with Crippen molar-refractivity contribution in [1.82, 2.24) is 9.80 Å². The van der Waals surface area contributed by atoms with E-state index in [4.69, 9.17) is 5.73 Å². The molecule has 1 fully saturated rings. The molecule has 1 aliphatic heterocycles. The minimum atomic E-state index is -0.377. The molecule has 1 aromatic rings. The number of hydrogen-bond donors (Lipinski definition) is 1. The SMILES string of the molecule is CC(C)[C@H](N)C(=O)N1CCCC(N(C)Cc2ccccc2)C1. The monoisotopic (exact) mass is 303 g/mol. The fourth-order valence-electron chi connectivity index (χ4n) is 3.01.